The number of rotatable bonds is 0. The molecule has 0 aromatic carbocycles. The van der Waals surface area contributed by atoms with Crippen molar-refractivity contribution in [1.29, 1.82) is 0 Å². The van der Waals surface area contributed by atoms with E-state index in [1.54, 1.807) is 6.33 Å². The van der Waals surface area contributed by atoms with Crippen LogP contribution in [0.4, 0.5) is 11.5 Å². The van der Waals surface area contributed by atoms with Gasteiger partial charge in [0.2, 0.25) is 0 Å². The second kappa shape index (κ2) is 4.69. The number of aliphatic imine (C=N–C) groups is 1. The molecule has 0 unspecified atom stereocenters. The summed E-state index contributed by atoms with van der Waals surface area (Å²) in [4.78, 5) is 12.4. The molecule has 1 aliphatic heterocycles. The number of aryl methyl sites for hydroxylation is 1. The van der Waals surface area contributed by atoms with E-state index in [0.717, 1.165) is 17.2 Å². The van der Waals surface area contributed by atoms with E-state index in [4.69, 9.17) is 0 Å². The normalized spacial score (nSPS) is 17.6. The van der Waals surface area contributed by atoms with Crippen LogP contribution in [0.1, 0.15) is 26.5 Å². The van der Waals surface area contributed by atoms with Gasteiger partial charge < -0.3 is 5.32 Å². The molecular weight excluding hydrogens is 176 g/mol. The van der Waals surface area contributed by atoms with Crippen LogP contribution in [0.25, 0.3) is 0 Å². The highest BCUT2D eigenvalue weighted by Gasteiger charge is 2.12. The zero-order valence-electron chi connectivity index (χ0n) is 9.07. The summed E-state index contributed by atoms with van der Waals surface area (Å²) in [5.41, 5.74) is 1.77. The molecule has 0 aliphatic carbocycles. The Morgan fingerprint density at radius 2 is 2.00 bits per heavy atom. The maximum atomic E-state index is 4.26. The fourth-order valence-corrected chi connectivity index (χ4v) is 1.17. The molecule has 1 N–H and O–H groups in total. The monoisotopic (exact) mass is 192 g/mol. The van der Waals surface area contributed by atoms with Crippen molar-refractivity contribution in [2.24, 2.45) is 4.99 Å². The van der Waals surface area contributed by atoms with Gasteiger partial charge in [-0.05, 0) is 13.8 Å². The van der Waals surface area contributed by atoms with E-state index in [0.29, 0.717) is 0 Å². The summed E-state index contributed by atoms with van der Waals surface area (Å²) in [6.07, 6.45) is 3.41. The molecular formula is C10H16N4. The lowest BCUT2D eigenvalue weighted by molar-refractivity contribution is 0.993. The summed E-state index contributed by atoms with van der Waals surface area (Å²) in [6.45, 7) is 7.96. The van der Waals surface area contributed by atoms with Crippen LogP contribution in [0.15, 0.2) is 11.3 Å². The van der Waals surface area contributed by atoms with E-state index < -0.39 is 0 Å². The van der Waals surface area contributed by atoms with Gasteiger partial charge in [0, 0.05) is 6.21 Å². The average molecular weight is 192 g/mol. The first kappa shape index (κ1) is 10.6. The molecule has 0 saturated carbocycles. The van der Waals surface area contributed by atoms with E-state index >= 15 is 0 Å². The Morgan fingerprint density at radius 3 is 2.71 bits per heavy atom. The second-order valence-corrected chi connectivity index (χ2v) is 2.87. The molecule has 2 heterocycles. The van der Waals surface area contributed by atoms with Crippen LogP contribution in [0.2, 0.25) is 0 Å². The van der Waals surface area contributed by atoms with Crippen molar-refractivity contribution in [2.75, 3.05) is 5.32 Å². The third-order valence-electron chi connectivity index (χ3n) is 1.80. The first-order chi connectivity index (χ1) is 6.77. The molecule has 1 atom stereocenters. The zero-order chi connectivity index (χ0) is 10.6. The largest absolute Gasteiger partial charge is 0.361 e. The summed E-state index contributed by atoms with van der Waals surface area (Å²) in [5, 5.41) is 3.20. The molecule has 0 bridgehead atoms. The Balaban J connectivity index is 0.000000461. The van der Waals surface area contributed by atoms with E-state index in [1.165, 1.54) is 0 Å². The summed E-state index contributed by atoms with van der Waals surface area (Å²) in [6, 6.07) is 0.256. The lowest BCUT2D eigenvalue weighted by Gasteiger charge is -2.16. The fourth-order valence-electron chi connectivity index (χ4n) is 1.17. The molecule has 0 saturated heterocycles. The maximum Gasteiger partial charge on any atom is 0.156 e. The minimum atomic E-state index is 0.256. The quantitative estimate of drug-likeness (QED) is 0.686. The standard InChI is InChI=1S/C8H10N4.C2H6/c1-5-3-9-7-6(2)10-4-11-8(7)12-5;1-2/h3-5H,1-2H3,(H,10,11,12);1-2H3/t5-;/m0./s1. The number of fused-ring (bicyclic) bond motifs is 1. The highest BCUT2D eigenvalue weighted by molar-refractivity contribution is 5.81. The zero-order valence-corrected chi connectivity index (χ0v) is 9.07. The van der Waals surface area contributed by atoms with Gasteiger partial charge >= 0.3 is 0 Å². The molecule has 2 rings (SSSR count). The lowest BCUT2D eigenvalue weighted by atomic mass is 10.2. The van der Waals surface area contributed by atoms with E-state index in [-0.39, 0.29) is 6.04 Å². The predicted octanol–water partition coefficient (Wildman–Crippen LogP) is 2.33. The molecule has 0 spiro atoms. The molecule has 1 aromatic rings. The molecule has 1 aliphatic rings. The number of aromatic nitrogens is 2. The molecule has 14 heavy (non-hydrogen) atoms. The summed E-state index contributed by atoms with van der Waals surface area (Å²) < 4.78 is 0. The Morgan fingerprint density at radius 1 is 1.29 bits per heavy atom. The van der Waals surface area contributed by atoms with Crippen LogP contribution in [-0.2, 0) is 0 Å². The van der Waals surface area contributed by atoms with Crippen LogP contribution < -0.4 is 5.32 Å². The fraction of sp³-hybridized carbons (Fsp3) is 0.500. The summed E-state index contributed by atoms with van der Waals surface area (Å²) >= 11 is 0. The predicted molar refractivity (Wildman–Crippen MR) is 59.4 cm³/mol. The second-order valence-electron chi connectivity index (χ2n) is 2.87. The van der Waals surface area contributed by atoms with Crippen LogP contribution >= 0.6 is 0 Å². The molecule has 0 fully saturated rings. The van der Waals surface area contributed by atoms with Crippen molar-refractivity contribution in [3.8, 4) is 0 Å². The minimum Gasteiger partial charge on any atom is -0.361 e. The number of anilines is 1. The molecule has 1 aromatic heterocycles. The Bertz CT molecular complexity index is 333. The van der Waals surface area contributed by atoms with Crippen LogP contribution in [0.3, 0.4) is 0 Å². The van der Waals surface area contributed by atoms with Gasteiger partial charge in [-0.3, -0.25) is 4.99 Å². The number of hydrogen-bond acceptors (Lipinski definition) is 4. The van der Waals surface area contributed by atoms with Crippen LogP contribution in [0, 0.1) is 6.92 Å². The van der Waals surface area contributed by atoms with Gasteiger partial charge in [0.1, 0.15) is 12.0 Å². The van der Waals surface area contributed by atoms with Gasteiger partial charge in [0.05, 0.1) is 11.7 Å². The van der Waals surface area contributed by atoms with Crippen LogP contribution in [-0.4, -0.2) is 22.2 Å². The van der Waals surface area contributed by atoms with Crippen molar-refractivity contribution >= 4 is 17.7 Å². The number of nitrogens with zero attached hydrogens (tertiary/aromatic N) is 3. The van der Waals surface area contributed by atoms with Crippen LogP contribution in [0.5, 0.6) is 0 Å². The third kappa shape index (κ3) is 2.07. The molecule has 0 amide bonds. The Hall–Kier alpha value is -1.45. The lowest BCUT2D eigenvalue weighted by Crippen LogP contribution is -2.20. The first-order valence-corrected chi connectivity index (χ1v) is 4.89. The van der Waals surface area contributed by atoms with Gasteiger partial charge in [-0.25, -0.2) is 9.97 Å². The molecule has 76 valence electrons. The molecule has 4 heteroatoms. The highest BCUT2D eigenvalue weighted by atomic mass is 15.1. The SMILES string of the molecule is CC.Cc1ncnc2c1N=C[C@H](C)N2. The first-order valence-electron chi connectivity index (χ1n) is 4.89. The molecule has 4 nitrogen and oxygen atoms in total. The van der Waals surface area contributed by atoms with Crippen molar-refractivity contribution in [1.82, 2.24) is 9.97 Å². The van der Waals surface area contributed by atoms with Crippen molar-refractivity contribution in [3.05, 3.63) is 12.0 Å². The Kier molecular flexibility index (Phi) is 3.56. The average Bonchev–Trinajstić information content (AvgIpc) is 2.21. The van der Waals surface area contributed by atoms with E-state index in [2.05, 4.69) is 20.3 Å². The van der Waals surface area contributed by atoms with Crippen molar-refractivity contribution < 1.29 is 0 Å². The smallest absolute Gasteiger partial charge is 0.156 e. The minimum absolute atomic E-state index is 0.256. The topological polar surface area (TPSA) is 50.2 Å². The van der Waals surface area contributed by atoms with Gasteiger partial charge in [-0.2, -0.15) is 0 Å². The van der Waals surface area contributed by atoms with Crippen molar-refractivity contribution in [2.45, 2.75) is 33.7 Å². The van der Waals surface area contributed by atoms with Crippen molar-refractivity contribution in [3.63, 3.8) is 0 Å². The number of hydrogen-bond donors (Lipinski definition) is 1. The Labute approximate surface area is 84.5 Å². The van der Waals surface area contributed by atoms with E-state index in [9.17, 15) is 0 Å². The maximum absolute atomic E-state index is 4.26. The van der Waals surface area contributed by atoms with Gasteiger partial charge in [-0.1, -0.05) is 13.8 Å². The number of nitrogens with one attached hydrogen (secondary N) is 1. The van der Waals surface area contributed by atoms with E-state index in [1.807, 2.05) is 33.9 Å². The summed E-state index contributed by atoms with van der Waals surface area (Å²) in [7, 11) is 0. The van der Waals surface area contributed by atoms with Gasteiger partial charge in [-0.15, -0.1) is 0 Å². The highest BCUT2D eigenvalue weighted by Crippen LogP contribution is 2.27. The van der Waals surface area contributed by atoms with Gasteiger partial charge in [0.25, 0.3) is 0 Å². The molecule has 0 radical (unpaired) electrons. The third-order valence-corrected chi connectivity index (χ3v) is 1.80. The summed E-state index contributed by atoms with van der Waals surface area (Å²) in [5.74, 6) is 0.831. The van der Waals surface area contributed by atoms with Gasteiger partial charge in [0.15, 0.2) is 5.82 Å².